The molecule has 0 radical (unpaired) electrons. The number of thiophene rings is 1. The van der Waals surface area contributed by atoms with E-state index in [1.807, 2.05) is 11.3 Å². The largest absolute Gasteiger partial charge is 0.310 e. The number of anilines is 3. The molecule has 0 aliphatic heterocycles. The average molecular weight is 808 g/mol. The fourth-order valence-corrected chi connectivity index (χ4v) is 11.1. The molecule has 10 aromatic carbocycles. The molecule has 0 spiro atoms. The number of para-hydroxylation sites is 3. The minimum absolute atomic E-state index is 1.11. The SMILES string of the molecule is c1ccc(-n2c3ccccc3c3cc(N(c4ccc(-c5ccc(-n6c7ccccc7c7ccc8ccccc8c76)cc5)cc4)c4cccc5sc6ccccc6c45)ccc32)cc1. The first-order valence-corrected chi connectivity index (χ1v) is 22.0. The van der Waals surface area contributed by atoms with E-state index in [0.29, 0.717) is 0 Å². The van der Waals surface area contributed by atoms with E-state index in [0.717, 1.165) is 22.7 Å². The van der Waals surface area contributed by atoms with E-state index in [9.17, 15) is 0 Å². The van der Waals surface area contributed by atoms with Gasteiger partial charge in [0.25, 0.3) is 0 Å². The Morgan fingerprint density at radius 3 is 1.71 bits per heavy atom. The van der Waals surface area contributed by atoms with Gasteiger partial charge in [-0.05, 0) is 101 Å². The minimum atomic E-state index is 1.11. The molecule has 0 saturated carbocycles. The van der Waals surface area contributed by atoms with Crippen molar-refractivity contribution < 1.29 is 0 Å². The molecule has 3 nitrogen and oxygen atoms in total. The van der Waals surface area contributed by atoms with Crippen LogP contribution >= 0.6 is 11.3 Å². The van der Waals surface area contributed by atoms with Crippen molar-refractivity contribution in [2.75, 3.05) is 4.90 Å². The predicted octanol–water partition coefficient (Wildman–Crippen LogP) is 16.5. The first-order valence-electron chi connectivity index (χ1n) is 21.2. The van der Waals surface area contributed by atoms with Crippen molar-refractivity contribution >= 4 is 103 Å². The monoisotopic (exact) mass is 807 g/mol. The van der Waals surface area contributed by atoms with Crippen molar-refractivity contribution in [1.29, 1.82) is 0 Å². The Kier molecular flexibility index (Phi) is 7.78. The molecular formula is C58H37N3S. The van der Waals surface area contributed by atoms with Gasteiger partial charge in [0.2, 0.25) is 0 Å². The number of rotatable bonds is 6. The second-order valence-electron chi connectivity index (χ2n) is 16.1. The third-order valence-corrected chi connectivity index (χ3v) is 13.8. The maximum atomic E-state index is 2.45. The van der Waals surface area contributed by atoms with E-state index in [1.54, 1.807) is 0 Å². The van der Waals surface area contributed by atoms with Gasteiger partial charge in [-0.15, -0.1) is 11.3 Å². The molecule has 0 aliphatic carbocycles. The van der Waals surface area contributed by atoms with Crippen molar-refractivity contribution in [3.8, 4) is 22.5 Å². The molecule has 0 fully saturated rings. The van der Waals surface area contributed by atoms with Crippen molar-refractivity contribution in [3.63, 3.8) is 0 Å². The van der Waals surface area contributed by atoms with Crippen molar-refractivity contribution in [2.45, 2.75) is 0 Å². The summed E-state index contributed by atoms with van der Waals surface area (Å²) in [6.45, 7) is 0. The number of fused-ring (bicyclic) bond motifs is 11. The lowest BCUT2D eigenvalue weighted by Gasteiger charge is -2.27. The number of benzene rings is 10. The second-order valence-corrected chi connectivity index (χ2v) is 17.2. The molecule has 13 aromatic rings. The summed E-state index contributed by atoms with van der Waals surface area (Å²) in [5.41, 5.74) is 12.9. The quantitative estimate of drug-likeness (QED) is 0.163. The van der Waals surface area contributed by atoms with Crippen LogP contribution in [0.5, 0.6) is 0 Å². The molecule has 0 saturated heterocycles. The first kappa shape index (κ1) is 34.9. The van der Waals surface area contributed by atoms with Gasteiger partial charge in [0, 0.05) is 69.9 Å². The molecule has 3 aromatic heterocycles. The zero-order chi connectivity index (χ0) is 40.7. The molecule has 4 heteroatoms. The van der Waals surface area contributed by atoms with Crippen LogP contribution in [0.2, 0.25) is 0 Å². The Labute approximate surface area is 362 Å². The molecule has 3 heterocycles. The molecule has 290 valence electrons. The zero-order valence-corrected chi connectivity index (χ0v) is 34.4. The van der Waals surface area contributed by atoms with Crippen LogP contribution in [0.25, 0.3) is 97.1 Å². The molecule has 0 atom stereocenters. The van der Waals surface area contributed by atoms with Gasteiger partial charge in [0.15, 0.2) is 0 Å². The van der Waals surface area contributed by atoms with Crippen LogP contribution in [0.1, 0.15) is 0 Å². The Morgan fingerprint density at radius 2 is 0.919 bits per heavy atom. The van der Waals surface area contributed by atoms with Crippen LogP contribution in [0.15, 0.2) is 224 Å². The summed E-state index contributed by atoms with van der Waals surface area (Å²) in [4.78, 5) is 2.45. The van der Waals surface area contributed by atoms with Gasteiger partial charge in [-0.1, -0.05) is 140 Å². The van der Waals surface area contributed by atoms with Gasteiger partial charge in [0.1, 0.15) is 0 Å². The summed E-state index contributed by atoms with van der Waals surface area (Å²) in [5.74, 6) is 0. The van der Waals surface area contributed by atoms with E-state index in [2.05, 4.69) is 238 Å². The van der Waals surface area contributed by atoms with E-state index in [1.165, 1.54) is 91.4 Å². The van der Waals surface area contributed by atoms with Gasteiger partial charge in [0.05, 0.1) is 27.8 Å². The van der Waals surface area contributed by atoms with Gasteiger partial charge in [-0.3, -0.25) is 0 Å². The van der Waals surface area contributed by atoms with Gasteiger partial charge in [-0.25, -0.2) is 0 Å². The smallest absolute Gasteiger partial charge is 0.0619 e. The topological polar surface area (TPSA) is 13.1 Å². The number of hydrogen-bond acceptors (Lipinski definition) is 2. The highest BCUT2D eigenvalue weighted by Gasteiger charge is 2.21. The lowest BCUT2D eigenvalue weighted by molar-refractivity contribution is 1.18. The predicted molar refractivity (Wildman–Crippen MR) is 266 cm³/mol. The number of hydrogen-bond donors (Lipinski definition) is 0. The third-order valence-electron chi connectivity index (χ3n) is 12.7. The molecule has 0 bridgehead atoms. The van der Waals surface area contributed by atoms with Crippen LogP contribution < -0.4 is 4.90 Å². The van der Waals surface area contributed by atoms with Crippen molar-refractivity contribution in [2.24, 2.45) is 0 Å². The van der Waals surface area contributed by atoms with Crippen LogP contribution in [-0.4, -0.2) is 9.13 Å². The van der Waals surface area contributed by atoms with E-state index < -0.39 is 0 Å². The molecule has 62 heavy (non-hydrogen) atoms. The Morgan fingerprint density at radius 1 is 0.339 bits per heavy atom. The summed E-state index contributed by atoms with van der Waals surface area (Å²) in [6.07, 6.45) is 0. The molecular weight excluding hydrogens is 771 g/mol. The third kappa shape index (κ3) is 5.30. The lowest BCUT2D eigenvalue weighted by Crippen LogP contribution is -2.10. The van der Waals surface area contributed by atoms with E-state index in [-0.39, 0.29) is 0 Å². The highest BCUT2D eigenvalue weighted by molar-refractivity contribution is 7.26. The van der Waals surface area contributed by atoms with Gasteiger partial charge < -0.3 is 14.0 Å². The zero-order valence-electron chi connectivity index (χ0n) is 33.6. The lowest BCUT2D eigenvalue weighted by atomic mass is 10.0. The first-order chi connectivity index (χ1) is 30.8. The summed E-state index contributed by atoms with van der Waals surface area (Å²) in [7, 11) is 0. The number of aromatic nitrogens is 2. The van der Waals surface area contributed by atoms with E-state index in [4.69, 9.17) is 0 Å². The summed E-state index contributed by atoms with van der Waals surface area (Å²) in [5, 5.41) is 10.1. The molecule has 0 N–H and O–H groups in total. The Balaban J connectivity index is 0.950. The molecule has 0 unspecified atom stereocenters. The normalized spacial score (nSPS) is 11.9. The maximum absolute atomic E-state index is 2.45. The fourth-order valence-electron chi connectivity index (χ4n) is 9.93. The maximum Gasteiger partial charge on any atom is 0.0619 e. The van der Waals surface area contributed by atoms with Crippen LogP contribution in [0.3, 0.4) is 0 Å². The summed E-state index contributed by atoms with van der Waals surface area (Å²) < 4.78 is 7.39. The molecule has 0 amide bonds. The average Bonchev–Trinajstić information content (AvgIpc) is 4.00. The minimum Gasteiger partial charge on any atom is -0.310 e. The summed E-state index contributed by atoms with van der Waals surface area (Å²) in [6, 6.07) is 82.2. The van der Waals surface area contributed by atoms with Crippen molar-refractivity contribution in [1.82, 2.24) is 9.13 Å². The molecule has 0 aliphatic rings. The second kappa shape index (κ2) is 13.8. The fraction of sp³-hybridized carbons (Fsp3) is 0. The van der Waals surface area contributed by atoms with E-state index >= 15 is 0 Å². The Bertz CT molecular complexity index is 3850. The highest BCUT2D eigenvalue weighted by Crippen LogP contribution is 2.46. The molecule has 13 rings (SSSR count). The van der Waals surface area contributed by atoms with Crippen LogP contribution in [-0.2, 0) is 0 Å². The van der Waals surface area contributed by atoms with Crippen LogP contribution in [0, 0.1) is 0 Å². The van der Waals surface area contributed by atoms with Crippen LogP contribution in [0.4, 0.5) is 17.1 Å². The van der Waals surface area contributed by atoms with Gasteiger partial charge >= 0.3 is 0 Å². The summed E-state index contributed by atoms with van der Waals surface area (Å²) >= 11 is 1.86. The van der Waals surface area contributed by atoms with Crippen molar-refractivity contribution in [3.05, 3.63) is 224 Å². The highest BCUT2D eigenvalue weighted by atomic mass is 32.1. The Hall–Kier alpha value is -7.92. The number of nitrogens with zero attached hydrogens (tertiary/aromatic N) is 3. The van der Waals surface area contributed by atoms with Gasteiger partial charge in [-0.2, -0.15) is 0 Å². The standard InChI is InChI=1S/C58H37N3S/c1-2-14-41(15-3-1)60-51-20-9-7-18-47(51)50-37-44(34-36-53(50)60)59(54-22-12-24-56-57(54)49-19-8-11-23-55(49)62-56)42-30-25-38(26-31-42)39-27-32-43(33-28-39)61-52-21-10-6-17-46(52)48-35-29-40-13-4-5-16-45(40)58(48)61/h1-37H.